The molecule has 1 amide bonds. The number of hydrogen-bond acceptors (Lipinski definition) is 5. The molecule has 0 atom stereocenters. The van der Waals surface area contributed by atoms with Crippen LogP contribution in [0.15, 0.2) is 65.8 Å². The molecule has 0 unspecified atom stereocenters. The summed E-state index contributed by atoms with van der Waals surface area (Å²) in [5.41, 5.74) is 0.890. The standard InChI is InChI=1S/C23H25FN4O4S/c1-4-28(5-2)33(30,31)20-11-12-22(32-19-9-7-18(24)8-10-19)21(14-20)26-23(29)13-6-17-15-25-27(3)16-17/h6-16H,4-5H2,1-3H3,(H,26,29)/b13-6+. The Morgan fingerprint density at radius 3 is 2.48 bits per heavy atom. The molecule has 0 saturated heterocycles. The van der Waals surface area contributed by atoms with Gasteiger partial charge in [-0.25, -0.2) is 12.8 Å². The molecular formula is C23H25FN4O4S. The summed E-state index contributed by atoms with van der Waals surface area (Å²) in [5.74, 6) is -0.363. The van der Waals surface area contributed by atoms with Crippen LogP contribution in [-0.4, -0.2) is 41.5 Å². The maximum absolute atomic E-state index is 13.2. The maximum Gasteiger partial charge on any atom is 0.248 e. The van der Waals surface area contributed by atoms with E-state index in [4.69, 9.17) is 4.74 Å². The highest BCUT2D eigenvalue weighted by Crippen LogP contribution is 2.33. The molecule has 0 saturated carbocycles. The average molecular weight is 473 g/mol. The molecule has 174 valence electrons. The van der Waals surface area contributed by atoms with Crippen LogP contribution < -0.4 is 10.1 Å². The minimum Gasteiger partial charge on any atom is -0.455 e. The van der Waals surface area contributed by atoms with Crippen LogP contribution in [0.4, 0.5) is 10.1 Å². The lowest BCUT2D eigenvalue weighted by molar-refractivity contribution is -0.111. The summed E-state index contributed by atoms with van der Waals surface area (Å²) in [4.78, 5) is 12.6. The monoisotopic (exact) mass is 472 g/mol. The molecule has 0 bridgehead atoms. The van der Waals surface area contributed by atoms with Gasteiger partial charge in [0.25, 0.3) is 0 Å². The average Bonchev–Trinajstić information content (AvgIpc) is 3.20. The maximum atomic E-state index is 13.2. The fourth-order valence-electron chi connectivity index (χ4n) is 3.07. The molecule has 1 heterocycles. The highest BCUT2D eigenvalue weighted by molar-refractivity contribution is 7.89. The minimum atomic E-state index is -3.76. The highest BCUT2D eigenvalue weighted by atomic mass is 32.2. The lowest BCUT2D eigenvalue weighted by Crippen LogP contribution is -2.30. The van der Waals surface area contributed by atoms with Crippen molar-refractivity contribution in [3.63, 3.8) is 0 Å². The fraction of sp³-hybridized carbons (Fsp3) is 0.217. The number of nitrogens with zero attached hydrogens (tertiary/aromatic N) is 3. The number of ether oxygens (including phenoxy) is 1. The molecule has 33 heavy (non-hydrogen) atoms. The van der Waals surface area contributed by atoms with Crippen LogP contribution in [0.25, 0.3) is 6.08 Å². The summed E-state index contributed by atoms with van der Waals surface area (Å²) >= 11 is 0. The van der Waals surface area contributed by atoms with Gasteiger partial charge < -0.3 is 10.1 Å². The summed E-state index contributed by atoms with van der Waals surface area (Å²) in [6, 6.07) is 9.57. The first-order chi connectivity index (χ1) is 15.7. The van der Waals surface area contributed by atoms with Gasteiger partial charge in [-0.1, -0.05) is 13.8 Å². The first kappa shape index (κ1) is 24.1. The molecule has 3 aromatic rings. The van der Waals surface area contributed by atoms with Crippen LogP contribution in [0.2, 0.25) is 0 Å². The van der Waals surface area contributed by atoms with Crippen molar-refractivity contribution >= 4 is 27.7 Å². The Labute approximate surface area is 192 Å². The van der Waals surface area contributed by atoms with E-state index in [9.17, 15) is 17.6 Å². The number of amides is 1. The summed E-state index contributed by atoms with van der Waals surface area (Å²) in [7, 11) is -2.00. The molecule has 1 aromatic heterocycles. The number of carbonyl (C=O) groups is 1. The van der Waals surface area contributed by atoms with Crippen molar-refractivity contribution in [1.29, 1.82) is 0 Å². The molecule has 0 radical (unpaired) electrons. The van der Waals surface area contributed by atoms with E-state index in [1.165, 1.54) is 52.8 Å². The van der Waals surface area contributed by atoms with E-state index in [1.54, 1.807) is 44.0 Å². The lowest BCUT2D eigenvalue weighted by atomic mass is 10.2. The number of anilines is 1. The van der Waals surface area contributed by atoms with Gasteiger partial charge in [0.1, 0.15) is 11.6 Å². The van der Waals surface area contributed by atoms with Gasteiger partial charge in [0.15, 0.2) is 5.75 Å². The molecule has 0 fully saturated rings. The molecule has 3 rings (SSSR count). The number of carbonyl (C=O) groups excluding carboxylic acids is 1. The Bertz CT molecular complexity index is 1250. The van der Waals surface area contributed by atoms with Gasteiger partial charge in [-0.2, -0.15) is 9.40 Å². The van der Waals surface area contributed by atoms with Crippen LogP contribution in [0.3, 0.4) is 0 Å². The SMILES string of the molecule is CCN(CC)S(=O)(=O)c1ccc(Oc2ccc(F)cc2)c(NC(=O)/C=C/c2cnn(C)c2)c1. The van der Waals surface area contributed by atoms with Crippen LogP contribution in [0.5, 0.6) is 11.5 Å². The lowest BCUT2D eigenvalue weighted by Gasteiger charge is -2.20. The van der Waals surface area contributed by atoms with Crippen molar-refractivity contribution in [3.8, 4) is 11.5 Å². The highest BCUT2D eigenvalue weighted by Gasteiger charge is 2.23. The van der Waals surface area contributed by atoms with E-state index in [-0.39, 0.29) is 16.3 Å². The summed E-state index contributed by atoms with van der Waals surface area (Å²) in [5, 5.41) is 6.70. The Morgan fingerprint density at radius 2 is 1.88 bits per heavy atom. The zero-order chi connectivity index (χ0) is 24.0. The number of aromatic nitrogens is 2. The summed E-state index contributed by atoms with van der Waals surface area (Å²) in [6.45, 7) is 4.11. The number of nitrogens with one attached hydrogen (secondary N) is 1. The van der Waals surface area contributed by atoms with E-state index in [2.05, 4.69) is 10.4 Å². The van der Waals surface area contributed by atoms with Crippen LogP contribution in [0, 0.1) is 5.82 Å². The molecule has 0 aliphatic rings. The van der Waals surface area contributed by atoms with Gasteiger partial charge in [0.05, 0.1) is 16.8 Å². The van der Waals surface area contributed by atoms with Gasteiger partial charge in [0, 0.05) is 38.0 Å². The van der Waals surface area contributed by atoms with Crippen LogP contribution in [0.1, 0.15) is 19.4 Å². The van der Waals surface area contributed by atoms with Crippen LogP contribution in [-0.2, 0) is 21.9 Å². The second-order valence-electron chi connectivity index (χ2n) is 7.07. The van der Waals surface area contributed by atoms with Crippen LogP contribution >= 0.6 is 0 Å². The van der Waals surface area contributed by atoms with Gasteiger partial charge in [-0.15, -0.1) is 0 Å². The number of halogens is 1. The second kappa shape index (κ2) is 10.4. The summed E-state index contributed by atoms with van der Waals surface area (Å²) < 4.78 is 47.9. The Balaban J connectivity index is 1.94. The van der Waals surface area contributed by atoms with Crippen molar-refractivity contribution < 1.29 is 22.3 Å². The molecule has 0 aliphatic heterocycles. The Kier molecular flexibility index (Phi) is 7.62. The van der Waals surface area contributed by atoms with Crippen molar-refractivity contribution in [2.45, 2.75) is 18.7 Å². The zero-order valence-electron chi connectivity index (χ0n) is 18.5. The number of aryl methyl sites for hydroxylation is 1. The topological polar surface area (TPSA) is 93.5 Å². The molecule has 1 N–H and O–H groups in total. The number of hydrogen-bond donors (Lipinski definition) is 1. The molecule has 0 spiro atoms. The molecule has 8 nitrogen and oxygen atoms in total. The van der Waals surface area contributed by atoms with Gasteiger partial charge in [0.2, 0.25) is 15.9 Å². The predicted molar refractivity (Wildman–Crippen MR) is 124 cm³/mol. The zero-order valence-corrected chi connectivity index (χ0v) is 19.3. The predicted octanol–water partition coefficient (Wildman–Crippen LogP) is 4.03. The number of benzene rings is 2. The summed E-state index contributed by atoms with van der Waals surface area (Å²) in [6.07, 6.45) is 6.23. The Morgan fingerprint density at radius 1 is 1.18 bits per heavy atom. The largest absolute Gasteiger partial charge is 0.455 e. The second-order valence-corrected chi connectivity index (χ2v) is 9.01. The first-order valence-electron chi connectivity index (χ1n) is 10.3. The van der Waals surface area contributed by atoms with Gasteiger partial charge >= 0.3 is 0 Å². The third-order valence-corrected chi connectivity index (χ3v) is 6.79. The van der Waals surface area contributed by atoms with Crippen molar-refractivity contribution in [2.75, 3.05) is 18.4 Å². The third kappa shape index (κ3) is 6.05. The van der Waals surface area contributed by atoms with E-state index in [0.29, 0.717) is 18.8 Å². The van der Waals surface area contributed by atoms with Crippen molar-refractivity contribution in [1.82, 2.24) is 14.1 Å². The van der Waals surface area contributed by atoms with E-state index in [1.807, 2.05) is 0 Å². The van der Waals surface area contributed by atoms with Crippen molar-refractivity contribution in [3.05, 3.63) is 72.3 Å². The van der Waals surface area contributed by atoms with E-state index in [0.717, 1.165) is 5.56 Å². The fourth-order valence-corrected chi connectivity index (χ4v) is 4.56. The first-order valence-corrected chi connectivity index (χ1v) is 11.7. The number of sulfonamides is 1. The molecule has 10 heteroatoms. The molecule has 0 aliphatic carbocycles. The van der Waals surface area contributed by atoms with Gasteiger partial charge in [-0.05, 0) is 48.5 Å². The molecule has 2 aromatic carbocycles. The van der Waals surface area contributed by atoms with E-state index < -0.39 is 21.7 Å². The number of rotatable bonds is 9. The smallest absolute Gasteiger partial charge is 0.248 e. The Hall–Kier alpha value is -3.50. The minimum absolute atomic E-state index is 0.0178. The third-order valence-electron chi connectivity index (χ3n) is 4.75. The normalized spacial score (nSPS) is 11.8. The quantitative estimate of drug-likeness (QED) is 0.475. The van der Waals surface area contributed by atoms with Gasteiger partial charge in [-0.3, -0.25) is 9.48 Å². The van der Waals surface area contributed by atoms with Crippen molar-refractivity contribution in [2.24, 2.45) is 7.05 Å². The van der Waals surface area contributed by atoms with E-state index >= 15 is 0 Å². The molecular weight excluding hydrogens is 447 g/mol.